The third kappa shape index (κ3) is 3.86. The van der Waals surface area contributed by atoms with Gasteiger partial charge in [-0.05, 0) is 23.3 Å². The van der Waals surface area contributed by atoms with E-state index in [-0.39, 0.29) is 17.9 Å². The van der Waals surface area contributed by atoms with E-state index in [1.165, 1.54) is 0 Å². The summed E-state index contributed by atoms with van der Waals surface area (Å²) in [4.78, 5) is 15.1. The molecule has 1 heterocycles. The van der Waals surface area contributed by atoms with Crippen molar-refractivity contribution in [1.82, 2.24) is 4.90 Å². The Balaban J connectivity index is 1.52. The van der Waals surface area contributed by atoms with Gasteiger partial charge in [0.2, 0.25) is 5.91 Å². The average molecular weight is 373 g/mol. The van der Waals surface area contributed by atoms with Crippen LogP contribution in [0.25, 0.3) is 0 Å². The number of hydrogen-bond donors (Lipinski definition) is 0. The second-order valence-electron chi connectivity index (χ2n) is 6.97. The van der Waals surface area contributed by atoms with Crippen LogP contribution in [-0.2, 0) is 4.79 Å². The zero-order valence-corrected chi connectivity index (χ0v) is 15.8. The molecular formula is C24H23NO3. The minimum absolute atomic E-state index is 0.0415. The lowest BCUT2D eigenvalue weighted by Gasteiger charge is -2.31. The molecule has 28 heavy (non-hydrogen) atoms. The highest BCUT2D eigenvalue weighted by Gasteiger charge is 2.29. The number of para-hydroxylation sites is 2. The van der Waals surface area contributed by atoms with Crippen LogP contribution in [0.2, 0.25) is 0 Å². The molecule has 0 aromatic heterocycles. The number of rotatable bonds is 5. The minimum Gasteiger partial charge on any atom is -0.486 e. The van der Waals surface area contributed by atoms with Crippen LogP contribution in [0.5, 0.6) is 11.5 Å². The van der Waals surface area contributed by atoms with Crippen molar-refractivity contribution in [2.45, 2.75) is 12.0 Å². The van der Waals surface area contributed by atoms with Gasteiger partial charge < -0.3 is 14.4 Å². The Hall–Kier alpha value is -3.27. The molecular weight excluding hydrogens is 350 g/mol. The van der Waals surface area contributed by atoms with E-state index in [1.54, 1.807) is 4.90 Å². The van der Waals surface area contributed by atoms with Gasteiger partial charge in [-0.1, -0.05) is 72.8 Å². The average Bonchev–Trinajstić information content (AvgIpc) is 2.75. The topological polar surface area (TPSA) is 38.8 Å². The van der Waals surface area contributed by atoms with Gasteiger partial charge >= 0.3 is 0 Å². The summed E-state index contributed by atoms with van der Waals surface area (Å²) in [5, 5.41) is 0. The molecule has 3 aromatic carbocycles. The molecule has 1 unspecified atom stereocenters. The van der Waals surface area contributed by atoms with Crippen molar-refractivity contribution in [2.24, 2.45) is 0 Å². The normalized spacial score (nSPS) is 15.3. The molecule has 3 aromatic rings. The predicted molar refractivity (Wildman–Crippen MR) is 109 cm³/mol. The molecule has 0 bridgehead atoms. The first-order chi connectivity index (χ1) is 13.7. The fourth-order valence-corrected chi connectivity index (χ4v) is 3.54. The first-order valence-electron chi connectivity index (χ1n) is 9.46. The number of hydrogen-bond acceptors (Lipinski definition) is 3. The molecule has 142 valence electrons. The molecule has 0 saturated heterocycles. The lowest BCUT2D eigenvalue weighted by Crippen LogP contribution is -2.43. The van der Waals surface area contributed by atoms with Gasteiger partial charge in [0.05, 0.1) is 12.5 Å². The maximum Gasteiger partial charge on any atom is 0.234 e. The van der Waals surface area contributed by atoms with Gasteiger partial charge in [0.25, 0.3) is 0 Å². The van der Waals surface area contributed by atoms with E-state index in [0.29, 0.717) is 13.2 Å². The van der Waals surface area contributed by atoms with E-state index in [1.807, 2.05) is 92.0 Å². The fraction of sp³-hybridized carbons (Fsp3) is 0.208. The minimum atomic E-state index is -0.343. The molecule has 1 amide bonds. The van der Waals surface area contributed by atoms with Gasteiger partial charge in [-0.2, -0.15) is 0 Å². The molecule has 0 fully saturated rings. The van der Waals surface area contributed by atoms with Crippen LogP contribution >= 0.6 is 0 Å². The second kappa shape index (κ2) is 8.17. The van der Waals surface area contributed by atoms with Crippen molar-refractivity contribution in [3.63, 3.8) is 0 Å². The van der Waals surface area contributed by atoms with Crippen molar-refractivity contribution in [3.05, 3.63) is 96.1 Å². The standard InChI is InChI=1S/C24H23NO3/c1-25(16-20-17-27-21-14-8-9-15-22(21)28-20)24(26)23(18-10-4-2-5-11-18)19-12-6-3-7-13-19/h2-15,20,23H,16-17H2,1H3. The van der Waals surface area contributed by atoms with Crippen molar-refractivity contribution in [1.29, 1.82) is 0 Å². The van der Waals surface area contributed by atoms with Crippen LogP contribution in [-0.4, -0.2) is 37.1 Å². The SMILES string of the molecule is CN(CC1COc2ccccc2O1)C(=O)C(c1ccccc1)c1ccccc1. The molecule has 0 spiro atoms. The molecule has 0 saturated carbocycles. The number of ether oxygens (including phenoxy) is 2. The lowest BCUT2D eigenvalue weighted by atomic mass is 9.90. The van der Waals surface area contributed by atoms with E-state index in [0.717, 1.165) is 22.6 Å². The largest absolute Gasteiger partial charge is 0.486 e. The Bertz CT molecular complexity index is 887. The van der Waals surface area contributed by atoms with Crippen LogP contribution in [0.4, 0.5) is 0 Å². The van der Waals surface area contributed by atoms with Crippen molar-refractivity contribution < 1.29 is 14.3 Å². The summed E-state index contributed by atoms with van der Waals surface area (Å²) in [5.74, 6) is 1.17. The van der Waals surface area contributed by atoms with Crippen molar-refractivity contribution in [3.8, 4) is 11.5 Å². The maximum absolute atomic E-state index is 13.4. The number of likely N-dealkylation sites (N-methyl/N-ethyl adjacent to an activating group) is 1. The highest BCUT2D eigenvalue weighted by atomic mass is 16.6. The zero-order chi connectivity index (χ0) is 19.3. The zero-order valence-electron chi connectivity index (χ0n) is 15.8. The molecule has 0 radical (unpaired) electrons. The van der Waals surface area contributed by atoms with Gasteiger partial charge in [0.1, 0.15) is 6.61 Å². The molecule has 1 aliphatic rings. The van der Waals surface area contributed by atoms with E-state index in [4.69, 9.17) is 9.47 Å². The quantitative estimate of drug-likeness (QED) is 0.675. The fourth-order valence-electron chi connectivity index (χ4n) is 3.54. The first-order valence-corrected chi connectivity index (χ1v) is 9.46. The van der Waals surface area contributed by atoms with Gasteiger partial charge in [0.15, 0.2) is 17.6 Å². The number of amides is 1. The molecule has 0 aliphatic carbocycles. The van der Waals surface area contributed by atoms with Crippen LogP contribution in [0.3, 0.4) is 0 Å². The number of benzene rings is 3. The summed E-state index contributed by atoms with van der Waals surface area (Å²) >= 11 is 0. The number of carbonyl (C=O) groups is 1. The molecule has 1 aliphatic heterocycles. The summed E-state index contributed by atoms with van der Waals surface area (Å²) in [6.45, 7) is 0.888. The molecule has 1 atom stereocenters. The van der Waals surface area contributed by atoms with Crippen LogP contribution in [0.1, 0.15) is 17.0 Å². The second-order valence-corrected chi connectivity index (χ2v) is 6.97. The van der Waals surface area contributed by atoms with Crippen molar-refractivity contribution >= 4 is 5.91 Å². The number of nitrogens with zero attached hydrogens (tertiary/aromatic N) is 1. The summed E-state index contributed by atoms with van der Waals surface area (Å²) in [7, 11) is 1.82. The van der Waals surface area contributed by atoms with E-state index in [9.17, 15) is 4.79 Å². The lowest BCUT2D eigenvalue weighted by molar-refractivity contribution is -0.132. The van der Waals surface area contributed by atoms with Gasteiger partial charge in [-0.15, -0.1) is 0 Å². The van der Waals surface area contributed by atoms with Crippen LogP contribution < -0.4 is 9.47 Å². The number of carbonyl (C=O) groups excluding carboxylic acids is 1. The Kier molecular flexibility index (Phi) is 5.29. The summed E-state index contributed by atoms with van der Waals surface area (Å²) < 4.78 is 11.8. The molecule has 4 heteroatoms. The summed E-state index contributed by atoms with van der Waals surface area (Å²) in [6.07, 6.45) is -0.198. The third-order valence-corrected chi connectivity index (χ3v) is 4.93. The van der Waals surface area contributed by atoms with Crippen molar-refractivity contribution in [2.75, 3.05) is 20.2 Å². The summed E-state index contributed by atoms with van der Waals surface area (Å²) in [6, 6.07) is 27.4. The smallest absolute Gasteiger partial charge is 0.234 e. The van der Waals surface area contributed by atoms with Gasteiger partial charge in [-0.25, -0.2) is 0 Å². The molecule has 4 nitrogen and oxygen atoms in total. The Morgan fingerprint density at radius 2 is 1.43 bits per heavy atom. The van der Waals surface area contributed by atoms with E-state index in [2.05, 4.69) is 0 Å². The van der Waals surface area contributed by atoms with E-state index >= 15 is 0 Å². The first kappa shape index (κ1) is 18.1. The molecule has 4 rings (SSSR count). The monoisotopic (exact) mass is 373 g/mol. The Labute approximate surface area is 165 Å². The highest BCUT2D eigenvalue weighted by molar-refractivity contribution is 5.87. The summed E-state index contributed by atoms with van der Waals surface area (Å²) in [5.41, 5.74) is 1.97. The van der Waals surface area contributed by atoms with Crippen LogP contribution in [0, 0.1) is 0 Å². The molecule has 0 N–H and O–H groups in total. The number of fused-ring (bicyclic) bond motifs is 1. The van der Waals surface area contributed by atoms with E-state index < -0.39 is 0 Å². The van der Waals surface area contributed by atoms with Crippen LogP contribution in [0.15, 0.2) is 84.9 Å². The highest BCUT2D eigenvalue weighted by Crippen LogP contribution is 2.31. The maximum atomic E-state index is 13.4. The predicted octanol–water partition coefficient (Wildman–Crippen LogP) is 4.12. The van der Waals surface area contributed by atoms with Gasteiger partial charge in [-0.3, -0.25) is 4.79 Å². The van der Waals surface area contributed by atoms with Gasteiger partial charge in [0, 0.05) is 7.05 Å². The third-order valence-electron chi connectivity index (χ3n) is 4.93. The Morgan fingerprint density at radius 1 is 0.893 bits per heavy atom. The Morgan fingerprint density at radius 3 is 2.04 bits per heavy atom.